The largest absolute Gasteiger partial charge is 0.488 e. The van der Waals surface area contributed by atoms with Gasteiger partial charge in [0.25, 0.3) is 5.91 Å². The maximum Gasteiger partial charge on any atom is 0.253 e. The lowest BCUT2D eigenvalue weighted by Crippen LogP contribution is -2.50. The van der Waals surface area contributed by atoms with E-state index in [9.17, 15) is 4.79 Å². The van der Waals surface area contributed by atoms with Crippen LogP contribution in [0.3, 0.4) is 0 Å². The van der Waals surface area contributed by atoms with Crippen molar-refractivity contribution in [1.29, 1.82) is 0 Å². The summed E-state index contributed by atoms with van der Waals surface area (Å²) in [5, 5.41) is 0.654. The molecule has 32 heavy (non-hydrogen) atoms. The standard InChI is InChI=1S/C25H26ClN3O3/c26-21-6-2-7-22(13-21)32-23-14-25(31-16-23)8-3-10-29(17-25)24(30)20-5-1-4-19(12-20)15-28-11-9-27-18-28/h1-2,4-7,9,11-13,18,23H,3,8,10,14-17H2/t23-,25+/m1/s1. The number of hydrogen-bond acceptors (Lipinski definition) is 4. The van der Waals surface area contributed by atoms with E-state index in [0.29, 0.717) is 30.3 Å². The number of ether oxygens (including phenoxy) is 2. The van der Waals surface area contributed by atoms with Crippen LogP contribution in [-0.2, 0) is 11.3 Å². The number of aromatic nitrogens is 2. The van der Waals surface area contributed by atoms with Crippen LogP contribution in [0, 0.1) is 0 Å². The molecule has 1 amide bonds. The Labute approximate surface area is 192 Å². The molecular weight excluding hydrogens is 426 g/mol. The molecule has 7 heteroatoms. The molecule has 2 aliphatic rings. The van der Waals surface area contributed by atoms with Gasteiger partial charge in [0.05, 0.1) is 25.1 Å². The van der Waals surface area contributed by atoms with Gasteiger partial charge in [-0.25, -0.2) is 4.98 Å². The van der Waals surface area contributed by atoms with E-state index in [0.717, 1.165) is 37.1 Å². The van der Waals surface area contributed by atoms with Crippen LogP contribution in [0.25, 0.3) is 0 Å². The number of nitrogens with zero attached hydrogens (tertiary/aromatic N) is 3. The Morgan fingerprint density at radius 2 is 2.16 bits per heavy atom. The zero-order valence-electron chi connectivity index (χ0n) is 17.8. The van der Waals surface area contributed by atoms with E-state index in [2.05, 4.69) is 4.98 Å². The van der Waals surface area contributed by atoms with Crippen molar-refractivity contribution < 1.29 is 14.3 Å². The number of hydrogen-bond donors (Lipinski definition) is 0. The van der Waals surface area contributed by atoms with Crippen molar-refractivity contribution in [3.8, 4) is 5.75 Å². The van der Waals surface area contributed by atoms with Crippen molar-refractivity contribution in [2.24, 2.45) is 0 Å². The Kier molecular flexibility index (Phi) is 5.89. The normalized spacial score (nSPS) is 22.9. The molecule has 2 fully saturated rings. The molecule has 0 radical (unpaired) electrons. The van der Waals surface area contributed by atoms with Crippen molar-refractivity contribution in [2.45, 2.75) is 37.5 Å². The molecule has 0 N–H and O–H groups in total. The van der Waals surface area contributed by atoms with Gasteiger partial charge in [0.1, 0.15) is 11.9 Å². The van der Waals surface area contributed by atoms with E-state index in [1.807, 2.05) is 64.2 Å². The molecule has 6 nitrogen and oxygen atoms in total. The predicted octanol–water partition coefficient (Wildman–Crippen LogP) is 4.43. The van der Waals surface area contributed by atoms with Gasteiger partial charge in [0.15, 0.2) is 0 Å². The summed E-state index contributed by atoms with van der Waals surface area (Å²) < 4.78 is 14.3. The topological polar surface area (TPSA) is 56.6 Å². The smallest absolute Gasteiger partial charge is 0.253 e. The summed E-state index contributed by atoms with van der Waals surface area (Å²) in [6.45, 7) is 2.55. The van der Waals surface area contributed by atoms with Gasteiger partial charge in [-0.2, -0.15) is 0 Å². The highest BCUT2D eigenvalue weighted by molar-refractivity contribution is 6.30. The third-order valence-corrected chi connectivity index (χ3v) is 6.43. The van der Waals surface area contributed by atoms with Gasteiger partial charge in [-0.3, -0.25) is 4.79 Å². The van der Waals surface area contributed by atoms with Crippen LogP contribution in [-0.4, -0.2) is 51.8 Å². The number of halogens is 1. The number of rotatable bonds is 5. The average Bonchev–Trinajstić information content (AvgIpc) is 3.44. The van der Waals surface area contributed by atoms with Crippen LogP contribution in [0.2, 0.25) is 5.02 Å². The number of amides is 1. The minimum atomic E-state index is -0.342. The zero-order valence-corrected chi connectivity index (χ0v) is 18.6. The second-order valence-electron chi connectivity index (χ2n) is 8.66. The summed E-state index contributed by atoms with van der Waals surface area (Å²) in [5.74, 6) is 0.806. The lowest BCUT2D eigenvalue weighted by atomic mass is 9.89. The van der Waals surface area contributed by atoms with Crippen molar-refractivity contribution in [1.82, 2.24) is 14.5 Å². The van der Waals surface area contributed by atoms with Crippen molar-refractivity contribution in [3.63, 3.8) is 0 Å². The first kappa shape index (κ1) is 21.0. The molecule has 2 atom stereocenters. The van der Waals surface area contributed by atoms with E-state index in [1.54, 1.807) is 12.5 Å². The fraction of sp³-hybridized carbons (Fsp3) is 0.360. The molecule has 0 saturated carbocycles. The molecular formula is C25H26ClN3O3. The van der Waals surface area contributed by atoms with Crippen LogP contribution >= 0.6 is 11.6 Å². The monoisotopic (exact) mass is 451 g/mol. The SMILES string of the molecule is O=C(c1cccc(Cn2ccnc2)c1)N1CCC[C@]2(C[C@@H](Oc3cccc(Cl)c3)CO2)C1. The highest BCUT2D eigenvalue weighted by Crippen LogP contribution is 2.37. The van der Waals surface area contributed by atoms with Gasteiger partial charge in [0.2, 0.25) is 0 Å². The van der Waals surface area contributed by atoms with Crippen LogP contribution in [0.15, 0.2) is 67.3 Å². The fourth-order valence-corrected chi connectivity index (χ4v) is 4.92. The summed E-state index contributed by atoms with van der Waals surface area (Å²) in [4.78, 5) is 19.3. The first-order valence-corrected chi connectivity index (χ1v) is 11.4. The molecule has 0 bridgehead atoms. The van der Waals surface area contributed by atoms with E-state index in [4.69, 9.17) is 21.1 Å². The summed E-state index contributed by atoms with van der Waals surface area (Å²) in [5.41, 5.74) is 1.45. The number of imidazole rings is 1. The van der Waals surface area contributed by atoms with E-state index < -0.39 is 0 Å². The first-order valence-electron chi connectivity index (χ1n) is 11.0. The molecule has 3 aromatic rings. The number of carbonyl (C=O) groups is 1. The van der Waals surface area contributed by atoms with Gasteiger partial charge >= 0.3 is 0 Å². The van der Waals surface area contributed by atoms with E-state index in [1.165, 1.54) is 0 Å². The second kappa shape index (κ2) is 8.96. The Morgan fingerprint density at radius 1 is 1.25 bits per heavy atom. The molecule has 166 valence electrons. The van der Waals surface area contributed by atoms with E-state index in [-0.39, 0.29) is 17.6 Å². The second-order valence-corrected chi connectivity index (χ2v) is 9.10. The molecule has 1 spiro atoms. The maximum absolute atomic E-state index is 13.3. The molecule has 2 saturated heterocycles. The number of carbonyl (C=O) groups excluding carboxylic acids is 1. The number of likely N-dealkylation sites (tertiary alicyclic amines) is 1. The quantitative estimate of drug-likeness (QED) is 0.576. The highest BCUT2D eigenvalue weighted by atomic mass is 35.5. The Morgan fingerprint density at radius 3 is 3.00 bits per heavy atom. The average molecular weight is 452 g/mol. The van der Waals surface area contributed by atoms with E-state index >= 15 is 0 Å². The minimum absolute atomic E-state index is 0.0398. The first-order chi connectivity index (χ1) is 15.6. The van der Waals surface area contributed by atoms with Gasteiger partial charge in [-0.05, 0) is 48.7 Å². The van der Waals surface area contributed by atoms with Crippen molar-refractivity contribution in [3.05, 3.63) is 83.4 Å². The van der Waals surface area contributed by atoms with Gasteiger partial charge in [-0.1, -0.05) is 29.8 Å². The summed E-state index contributed by atoms with van der Waals surface area (Å²) in [6, 6.07) is 15.3. The Bertz CT molecular complexity index is 1090. The third kappa shape index (κ3) is 4.66. The van der Waals surface area contributed by atoms with Crippen LogP contribution in [0.5, 0.6) is 5.75 Å². The zero-order chi connectivity index (χ0) is 22.0. The van der Waals surface area contributed by atoms with Gasteiger partial charge < -0.3 is 18.9 Å². The summed E-state index contributed by atoms with van der Waals surface area (Å²) in [6.07, 6.45) is 8.04. The molecule has 0 unspecified atom stereocenters. The highest BCUT2D eigenvalue weighted by Gasteiger charge is 2.45. The molecule has 0 aliphatic carbocycles. The van der Waals surface area contributed by atoms with Crippen molar-refractivity contribution >= 4 is 17.5 Å². The molecule has 5 rings (SSSR count). The molecule has 3 heterocycles. The molecule has 2 aromatic carbocycles. The van der Waals surface area contributed by atoms with Gasteiger partial charge in [-0.15, -0.1) is 0 Å². The third-order valence-electron chi connectivity index (χ3n) is 6.20. The van der Waals surface area contributed by atoms with Crippen LogP contribution in [0.1, 0.15) is 35.2 Å². The van der Waals surface area contributed by atoms with Crippen LogP contribution in [0.4, 0.5) is 0 Å². The summed E-state index contributed by atoms with van der Waals surface area (Å²) in [7, 11) is 0. The summed E-state index contributed by atoms with van der Waals surface area (Å²) >= 11 is 6.08. The number of piperidine rings is 1. The maximum atomic E-state index is 13.3. The number of benzene rings is 2. The van der Waals surface area contributed by atoms with Crippen molar-refractivity contribution in [2.75, 3.05) is 19.7 Å². The Balaban J connectivity index is 1.24. The fourth-order valence-electron chi connectivity index (χ4n) is 4.74. The van der Waals surface area contributed by atoms with Gasteiger partial charge in [0, 0.05) is 42.5 Å². The Hall–Kier alpha value is -2.83. The lowest BCUT2D eigenvalue weighted by molar-refractivity contribution is -0.0453. The minimum Gasteiger partial charge on any atom is -0.488 e. The lowest BCUT2D eigenvalue weighted by Gasteiger charge is -2.39. The molecule has 2 aliphatic heterocycles. The molecule has 1 aromatic heterocycles. The van der Waals surface area contributed by atoms with Crippen LogP contribution < -0.4 is 4.74 Å². The predicted molar refractivity (Wildman–Crippen MR) is 122 cm³/mol.